The highest BCUT2D eigenvalue weighted by Crippen LogP contribution is 2.32. The highest BCUT2D eigenvalue weighted by atomic mass is 32.2. The Kier molecular flexibility index (Phi) is 5.91. The van der Waals surface area contributed by atoms with Crippen molar-refractivity contribution >= 4 is 23.6 Å². The van der Waals surface area contributed by atoms with Crippen LogP contribution in [-0.4, -0.2) is 45.1 Å². The summed E-state index contributed by atoms with van der Waals surface area (Å²) in [6.45, 7) is 0.438. The van der Waals surface area contributed by atoms with Gasteiger partial charge in [0, 0.05) is 12.6 Å². The summed E-state index contributed by atoms with van der Waals surface area (Å²) in [6, 6.07) is 5.80. The van der Waals surface area contributed by atoms with Crippen molar-refractivity contribution in [2.45, 2.75) is 43.7 Å². The van der Waals surface area contributed by atoms with Crippen LogP contribution in [0.5, 0.6) is 11.5 Å². The smallest absolute Gasteiger partial charge is 0.240 e. The zero-order chi connectivity index (χ0) is 20.2. The van der Waals surface area contributed by atoms with E-state index in [0.29, 0.717) is 28.9 Å². The number of amides is 2. The van der Waals surface area contributed by atoms with Gasteiger partial charge in [-0.15, -0.1) is 0 Å². The lowest BCUT2D eigenvalue weighted by Crippen LogP contribution is -2.30. The minimum absolute atomic E-state index is 0.0769. The fourth-order valence-electron chi connectivity index (χ4n) is 2.88. The van der Waals surface area contributed by atoms with E-state index >= 15 is 0 Å². The first-order valence-electron chi connectivity index (χ1n) is 9.35. The zero-order valence-corrected chi connectivity index (χ0v) is 16.5. The molecule has 0 atom stereocenters. The number of hydrogen-bond acceptors (Lipinski definition) is 7. The molecule has 1 saturated carbocycles. The number of aliphatic hydroxyl groups is 1. The van der Waals surface area contributed by atoms with E-state index in [-0.39, 0.29) is 43.6 Å². The molecular weight excluding hydrogens is 396 g/mol. The summed E-state index contributed by atoms with van der Waals surface area (Å²) >= 11 is 1.23. The number of carbonyl (C=O) groups is 2. The highest BCUT2D eigenvalue weighted by Gasteiger charge is 2.24. The Morgan fingerprint density at radius 2 is 2.07 bits per heavy atom. The lowest BCUT2D eigenvalue weighted by Gasteiger charge is -2.11. The molecule has 0 radical (unpaired) electrons. The Balaban J connectivity index is 1.29. The first-order chi connectivity index (χ1) is 14.1. The predicted molar refractivity (Wildman–Crippen MR) is 104 cm³/mol. The number of ether oxygens (including phenoxy) is 2. The van der Waals surface area contributed by atoms with Crippen molar-refractivity contribution < 1.29 is 24.2 Å². The Morgan fingerprint density at radius 3 is 2.86 bits per heavy atom. The van der Waals surface area contributed by atoms with Gasteiger partial charge in [-0.3, -0.25) is 9.59 Å². The van der Waals surface area contributed by atoms with Crippen molar-refractivity contribution in [1.82, 2.24) is 20.2 Å². The second-order valence-corrected chi connectivity index (χ2v) is 7.81. The van der Waals surface area contributed by atoms with Crippen LogP contribution in [0.15, 0.2) is 29.6 Å². The molecule has 2 aromatic rings. The van der Waals surface area contributed by atoms with E-state index < -0.39 is 0 Å². The number of fused-ring (bicyclic) bond motifs is 1. The minimum atomic E-state index is -0.222. The summed E-state index contributed by atoms with van der Waals surface area (Å²) in [7, 11) is 0. The van der Waals surface area contributed by atoms with Crippen molar-refractivity contribution in [3.05, 3.63) is 35.7 Å². The third-order valence-corrected chi connectivity index (χ3v) is 5.56. The molecule has 2 heterocycles. The molecular formula is C19H22N4O5S. The first-order valence-corrected chi connectivity index (χ1v) is 10.3. The summed E-state index contributed by atoms with van der Waals surface area (Å²) in [5.74, 6) is 1.25. The second kappa shape index (κ2) is 8.75. The molecule has 0 bridgehead atoms. The summed E-state index contributed by atoms with van der Waals surface area (Å²) < 4.78 is 12.3. The Bertz CT molecular complexity index is 912. The number of nitrogens with one attached hydrogen (secondary N) is 2. The SMILES string of the molecule is O=C(CSc1ncc(CO)n1CC(=O)NC1CC1)NCc1ccc2c(c1)OCO2. The number of nitrogens with zero attached hydrogens (tertiary/aromatic N) is 2. The molecule has 3 N–H and O–H groups in total. The highest BCUT2D eigenvalue weighted by molar-refractivity contribution is 7.99. The standard InChI is InChI=1S/C19H22N4O5S/c24-9-14-7-21-19(23(14)8-17(25)22-13-2-3-13)29-10-18(26)20-6-12-1-4-15-16(5-12)28-11-27-15/h1,4-5,7,13,24H,2-3,6,8-11H2,(H,20,26)(H,22,25). The van der Waals surface area contributed by atoms with E-state index in [9.17, 15) is 14.7 Å². The fourth-order valence-corrected chi connectivity index (χ4v) is 3.71. The van der Waals surface area contributed by atoms with Gasteiger partial charge in [-0.05, 0) is 30.5 Å². The van der Waals surface area contributed by atoms with Gasteiger partial charge in [0.1, 0.15) is 6.54 Å². The van der Waals surface area contributed by atoms with Crippen LogP contribution >= 0.6 is 11.8 Å². The first kappa shape index (κ1) is 19.6. The molecule has 1 aromatic carbocycles. The normalized spacial score (nSPS) is 14.7. The number of aliphatic hydroxyl groups excluding tert-OH is 1. The Labute approximate surface area is 171 Å². The maximum Gasteiger partial charge on any atom is 0.240 e. The Morgan fingerprint density at radius 1 is 1.24 bits per heavy atom. The summed E-state index contributed by atoms with van der Waals surface area (Å²) in [5.41, 5.74) is 1.45. The van der Waals surface area contributed by atoms with Crippen LogP contribution in [0.4, 0.5) is 0 Å². The average Bonchev–Trinajstić information content (AvgIpc) is 3.26. The third kappa shape index (κ3) is 5.01. The van der Waals surface area contributed by atoms with E-state index in [1.807, 2.05) is 18.2 Å². The molecule has 1 aliphatic carbocycles. The van der Waals surface area contributed by atoms with E-state index in [0.717, 1.165) is 18.4 Å². The lowest BCUT2D eigenvalue weighted by molar-refractivity contribution is -0.122. The summed E-state index contributed by atoms with van der Waals surface area (Å²) in [5, 5.41) is 15.8. The number of benzene rings is 1. The number of thioether (sulfide) groups is 1. The van der Waals surface area contributed by atoms with Gasteiger partial charge < -0.3 is 29.8 Å². The topological polar surface area (TPSA) is 115 Å². The lowest BCUT2D eigenvalue weighted by atomic mass is 10.2. The molecule has 2 aliphatic rings. The van der Waals surface area contributed by atoms with Crippen LogP contribution in [0.25, 0.3) is 0 Å². The van der Waals surface area contributed by atoms with Crippen LogP contribution < -0.4 is 20.1 Å². The molecule has 4 rings (SSSR count). The summed E-state index contributed by atoms with van der Waals surface area (Å²) in [4.78, 5) is 28.6. The van der Waals surface area contributed by atoms with E-state index in [1.165, 1.54) is 18.0 Å². The van der Waals surface area contributed by atoms with Crippen LogP contribution in [-0.2, 0) is 29.3 Å². The Hall–Kier alpha value is -2.72. The van der Waals surface area contributed by atoms with Gasteiger partial charge in [-0.2, -0.15) is 0 Å². The van der Waals surface area contributed by atoms with Crippen molar-refractivity contribution in [1.29, 1.82) is 0 Å². The number of rotatable bonds is 9. The van der Waals surface area contributed by atoms with Gasteiger partial charge >= 0.3 is 0 Å². The van der Waals surface area contributed by atoms with E-state index in [4.69, 9.17) is 9.47 Å². The van der Waals surface area contributed by atoms with Crippen LogP contribution in [0.2, 0.25) is 0 Å². The minimum Gasteiger partial charge on any atom is -0.454 e. The molecule has 2 amide bonds. The van der Waals surface area contributed by atoms with Gasteiger partial charge in [-0.25, -0.2) is 4.98 Å². The van der Waals surface area contributed by atoms with Crippen LogP contribution in [0.3, 0.4) is 0 Å². The largest absolute Gasteiger partial charge is 0.454 e. The van der Waals surface area contributed by atoms with Crippen molar-refractivity contribution in [2.75, 3.05) is 12.5 Å². The molecule has 154 valence electrons. The molecule has 1 fully saturated rings. The van der Waals surface area contributed by atoms with Crippen LogP contribution in [0.1, 0.15) is 24.1 Å². The summed E-state index contributed by atoms with van der Waals surface area (Å²) in [6.07, 6.45) is 3.54. The number of aromatic nitrogens is 2. The van der Waals surface area contributed by atoms with Crippen molar-refractivity contribution in [3.8, 4) is 11.5 Å². The number of hydrogen-bond donors (Lipinski definition) is 3. The molecule has 29 heavy (non-hydrogen) atoms. The van der Waals surface area contributed by atoms with Crippen LogP contribution in [0, 0.1) is 0 Å². The van der Waals surface area contributed by atoms with Crippen molar-refractivity contribution in [2.24, 2.45) is 0 Å². The fraction of sp³-hybridized carbons (Fsp3) is 0.421. The second-order valence-electron chi connectivity index (χ2n) is 6.87. The molecule has 0 spiro atoms. The van der Waals surface area contributed by atoms with Gasteiger partial charge in [0.05, 0.1) is 24.3 Å². The maximum absolute atomic E-state index is 12.2. The molecule has 10 heteroatoms. The van der Waals surface area contributed by atoms with E-state index in [2.05, 4.69) is 15.6 Å². The van der Waals surface area contributed by atoms with Gasteiger partial charge in [-0.1, -0.05) is 17.8 Å². The van der Waals surface area contributed by atoms with E-state index in [1.54, 1.807) is 4.57 Å². The van der Waals surface area contributed by atoms with Crippen molar-refractivity contribution in [3.63, 3.8) is 0 Å². The molecule has 1 aromatic heterocycles. The maximum atomic E-state index is 12.2. The average molecular weight is 418 g/mol. The molecule has 0 unspecified atom stereocenters. The van der Waals surface area contributed by atoms with Gasteiger partial charge in [0.15, 0.2) is 16.7 Å². The quantitative estimate of drug-likeness (QED) is 0.516. The van der Waals surface area contributed by atoms with Gasteiger partial charge in [0.2, 0.25) is 18.6 Å². The number of carbonyl (C=O) groups excluding carboxylic acids is 2. The number of imidazole rings is 1. The monoisotopic (exact) mass is 418 g/mol. The predicted octanol–water partition coefficient (Wildman–Crippen LogP) is 0.791. The third-order valence-electron chi connectivity index (χ3n) is 4.57. The molecule has 9 nitrogen and oxygen atoms in total. The molecule has 1 aliphatic heterocycles. The van der Waals surface area contributed by atoms with Gasteiger partial charge in [0.25, 0.3) is 0 Å². The molecule has 0 saturated heterocycles. The zero-order valence-electron chi connectivity index (χ0n) is 15.7.